The summed E-state index contributed by atoms with van der Waals surface area (Å²) in [6.07, 6.45) is 1.66. The van der Waals surface area contributed by atoms with Crippen LogP contribution in [0.1, 0.15) is 11.3 Å². The summed E-state index contributed by atoms with van der Waals surface area (Å²) in [5, 5.41) is 11.4. The average Bonchev–Trinajstić information content (AvgIpc) is 2.48. The molecule has 1 aromatic heterocycles. The van der Waals surface area contributed by atoms with E-state index in [0.717, 1.165) is 5.69 Å². The highest BCUT2D eigenvalue weighted by atomic mass is 16.5. The van der Waals surface area contributed by atoms with E-state index >= 15 is 0 Å². The second kappa shape index (κ2) is 6.34. The van der Waals surface area contributed by atoms with Crippen LogP contribution in [0, 0.1) is 18.3 Å². The van der Waals surface area contributed by atoms with Gasteiger partial charge in [-0.25, -0.2) is 0 Å². The lowest BCUT2D eigenvalue weighted by Gasteiger charge is -2.08. The van der Waals surface area contributed by atoms with Gasteiger partial charge in [0.05, 0.1) is 23.0 Å². The summed E-state index contributed by atoms with van der Waals surface area (Å²) in [5.74, 6) is 0.285. The van der Waals surface area contributed by atoms with Crippen LogP contribution < -0.4 is 10.1 Å². The number of nitrogens with zero attached hydrogens (tertiary/aromatic N) is 2. The first-order valence-corrected chi connectivity index (χ1v) is 6.03. The van der Waals surface area contributed by atoms with Gasteiger partial charge in [-0.05, 0) is 43.3 Å². The molecule has 0 bridgehead atoms. The number of carbonyl (C=O) groups excluding carboxylic acids is 1. The fourth-order valence-corrected chi connectivity index (χ4v) is 1.58. The Hall–Kier alpha value is -2.87. The lowest BCUT2D eigenvalue weighted by atomic mass is 10.2. The van der Waals surface area contributed by atoms with E-state index in [2.05, 4.69) is 10.3 Å². The van der Waals surface area contributed by atoms with Gasteiger partial charge in [0.1, 0.15) is 5.75 Å². The minimum absolute atomic E-state index is 0.0970. The molecule has 0 radical (unpaired) electrons. The number of aromatic nitrogens is 1. The van der Waals surface area contributed by atoms with Gasteiger partial charge in [-0.15, -0.1) is 0 Å². The van der Waals surface area contributed by atoms with Crippen LogP contribution in [0.4, 0.5) is 5.69 Å². The second-order valence-electron chi connectivity index (χ2n) is 4.11. The van der Waals surface area contributed by atoms with Gasteiger partial charge < -0.3 is 10.1 Å². The molecule has 0 spiro atoms. The number of hydrogen-bond acceptors (Lipinski definition) is 4. The van der Waals surface area contributed by atoms with Crippen molar-refractivity contribution >= 4 is 11.6 Å². The Bertz CT molecular complexity index is 645. The van der Waals surface area contributed by atoms with E-state index in [4.69, 9.17) is 10.00 Å². The molecule has 0 unspecified atom stereocenters. The molecule has 2 aromatic rings. The number of amides is 1. The van der Waals surface area contributed by atoms with Gasteiger partial charge in [0.25, 0.3) is 5.91 Å². The molecule has 5 nitrogen and oxygen atoms in total. The first-order chi connectivity index (χ1) is 9.69. The smallest absolute Gasteiger partial charge is 0.262 e. The third-order valence-electron chi connectivity index (χ3n) is 2.63. The molecule has 0 fully saturated rings. The molecule has 0 saturated heterocycles. The minimum atomic E-state index is -0.259. The quantitative estimate of drug-likeness (QED) is 0.922. The normalized spacial score (nSPS) is 9.60. The molecule has 0 aliphatic carbocycles. The molecule has 1 amide bonds. The van der Waals surface area contributed by atoms with Crippen molar-refractivity contribution in [2.24, 2.45) is 0 Å². The largest absolute Gasteiger partial charge is 0.484 e. The Morgan fingerprint density at radius 2 is 2.10 bits per heavy atom. The van der Waals surface area contributed by atoms with Gasteiger partial charge in [0, 0.05) is 6.20 Å². The van der Waals surface area contributed by atoms with Crippen molar-refractivity contribution in [1.82, 2.24) is 4.98 Å². The fraction of sp³-hybridized carbons (Fsp3) is 0.133. The zero-order chi connectivity index (χ0) is 14.4. The summed E-state index contributed by atoms with van der Waals surface area (Å²) in [4.78, 5) is 15.8. The molecule has 2 rings (SSSR count). The van der Waals surface area contributed by atoms with Crippen molar-refractivity contribution in [3.63, 3.8) is 0 Å². The Kier molecular flexibility index (Phi) is 4.30. The number of nitrogens with one attached hydrogen (secondary N) is 1. The van der Waals surface area contributed by atoms with Crippen molar-refractivity contribution < 1.29 is 9.53 Å². The van der Waals surface area contributed by atoms with Crippen LogP contribution >= 0.6 is 0 Å². The van der Waals surface area contributed by atoms with Crippen LogP contribution in [0.15, 0.2) is 42.6 Å². The molecule has 0 aliphatic rings. The molecule has 1 N–H and O–H groups in total. The van der Waals surface area contributed by atoms with Crippen LogP contribution in [0.5, 0.6) is 5.75 Å². The van der Waals surface area contributed by atoms with Crippen molar-refractivity contribution in [3.8, 4) is 11.8 Å². The third-order valence-corrected chi connectivity index (χ3v) is 2.63. The highest BCUT2D eigenvalue weighted by molar-refractivity contribution is 5.92. The fourth-order valence-electron chi connectivity index (χ4n) is 1.58. The van der Waals surface area contributed by atoms with E-state index < -0.39 is 0 Å². The summed E-state index contributed by atoms with van der Waals surface area (Å²) < 4.78 is 5.34. The molecule has 0 aliphatic heterocycles. The van der Waals surface area contributed by atoms with E-state index in [-0.39, 0.29) is 12.5 Å². The molecule has 20 heavy (non-hydrogen) atoms. The highest BCUT2D eigenvalue weighted by Crippen LogP contribution is 2.13. The predicted molar refractivity (Wildman–Crippen MR) is 74.3 cm³/mol. The van der Waals surface area contributed by atoms with Crippen molar-refractivity contribution in [2.75, 3.05) is 11.9 Å². The van der Waals surface area contributed by atoms with Crippen molar-refractivity contribution in [3.05, 3.63) is 53.9 Å². The number of aryl methyl sites for hydroxylation is 1. The van der Waals surface area contributed by atoms with E-state index in [1.165, 1.54) is 0 Å². The Balaban J connectivity index is 1.89. The second-order valence-corrected chi connectivity index (χ2v) is 4.11. The standard InChI is InChI=1S/C15H13N3O2/c1-11-14(3-2-8-17-11)18-15(19)10-20-13-6-4-12(9-16)5-7-13/h2-8H,10H2,1H3,(H,18,19). The molecule has 0 atom stereocenters. The highest BCUT2D eigenvalue weighted by Gasteiger charge is 2.06. The maximum Gasteiger partial charge on any atom is 0.262 e. The minimum Gasteiger partial charge on any atom is -0.484 e. The lowest BCUT2D eigenvalue weighted by Crippen LogP contribution is -2.20. The van der Waals surface area contributed by atoms with Crippen LogP contribution in [0.25, 0.3) is 0 Å². The van der Waals surface area contributed by atoms with Crippen LogP contribution in [-0.2, 0) is 4.79 Å². The van der Waals surface area contributed by atoms with E-state index in [9.17, 15) is 4.79 Å². The molecule has 100 valence electrons. The Labute approximate surface area is 116 Å². The maximum absolute atomic E-state index is 11.7. The van der Waals surface area contributed by atoms with Gasteiger partial charge in [-0.1, -0.05) is 0 Å². The number of rotatable bonds is 4. The topological polar surface area (TPSA) is 75.0 Å². The number of anilines is 1. The molecule has 1 aromatic carbocycles. The summed E-state index contributed by atoms with van der Waals surface area (Å²) in [6.45, 7) is 1.72. The van der Waals surface area contributed by atoms with Gasteiger partial charge in [-0.3, -0.25) is 9.78 Å². The lowest BCUT2D eigenvalue weighted by molar-refractivity contribution is -0.118. The number of hydrogen-bond donors (Lipinski definition) is 1. The van der Waals surface area contributed by atoms with Gasteiger partial charge in [0.2, 0.25) is 0 Å². The van der Waals surface area contributed by atoms with Crippen LogP contribution in [0.3, 0.4) is 0 Å². The number of pyridine rings is 1. The Morgan fingerprint density at radius 1 is 1.35 bits per heavy atom. The number of carbonyl (C=O) groups is 1. The SMILES string of the molecule is Cc1ncccc1NC(=O)COc1ccc(C#N)cc1. The summed E-state index contributed by atoms with van der Waals surface area (Å²) in [7, 11) is 0. The first kappa shape index (κ1) is 13.6. The molecular weight excluding hydrogens is 254 g/mol. The van der Waals surface area contributed by atoms with E-state index in [1.807, 2.05) is 13.0 Å². The number of ether oxygens (including phenoxy) is 1. The van der Waals surface area contributed by atoms with Gasteiger partial charge in [0.15, 0.2) is 6.61 Å². The maximum atomic E-state index is 11.7. The average molecular weight is 267 g/mol. The van der Waals surface area contributed by atoms with Gasteiger partial charge in [-0.2, -0.15) is 5.26 Å². The molecule has 5 heteroatoms. The molecular formula is C15H13N3O2. The van der Waals surface area contributed by atoms with Crippen LogP contribution in [-0.4, -0.2) is 17.5 Å². The monoisotopic (exact) mass is 267 g/mol. The summed E-state index contributed by atoms with van der Waals surface area (Å²) in [5.41, 5.74) is 1.97. The zero-order valence-electron chi connectivity index (χ0n) is 11.0. The Morgan fingerprint density at radius 3 is 2.75 bits per heavy atom. The molecule has 0 saturated carbocycles. The summed E-state index contributed by atoms with van der Waals surface area (Å²) >= 11 is 0. The predicted octanol–water partition coefficient (Wildman–Crippen LogP) is 2.28. The third kappa shape index (κ3) is 3.56. The van der Waals surface area contributed by atoms with Crippen molar-refractivity contribution in [1.29, 1.82) is 5.26 Å². The number of nitriles is 1. The summed E-state index contributed by atoms with van der Waals surface area (Å²) in [6, 6.07) is 12.1. The zero-order valence-corrected chi connectivity index (χ0v) is 11.0. The van der Waals surface area contributed by atoms with Crippen LogP contribution in [0.2, 0.25) is 0 Å². The van der Waals surface area contributed by atoms with Gasteiger partial charge >= 0.3 is 0 Å². The van der Waals surface area contributed by atoms with Crippen molar-refractivity contribution in [2.45, 2.75) is 6.92 Å². The molecule has 1 heterocycles. The number of benzene rings is 1. The van der Waals surface area contributed by atoms with E-state index in [1.54, 1.807) is 42.6 Å². The first-order valence-electron chi connectivity index (χ1n) is 6.03. The van der Waals surface area contributed by atoms with E-state index in [0.29, 0.717) is 17.0 Å².